The Morgan fingerprint density at radius 1 is 1.04 bits per heavy atom. The van der Waals surface area contributed by atoms with Gasteiger partial charge >= 0.3 is 0 Å². The van der Waals surface area contributed by atoms with Crippen molar-refractivity contribution in [2.45, 2.75) is 26.2 Å². The van der Waals surface area contributed by atoms with Gasteiger partial charge in [-0.25, -0.2) is 4.98 Å². The highest BCUT2D eigenvalue weighted by Gasteiger charge is 2.13. The van der Waals surface area contributed by atoms with E-state index in [1.165, 1.54) is 5.69 Å². The van der Waals surface area contributed by atoms with E-state index in [0.29, 0.717) is 12.2 Å². The van der Waals surface area contributed by atoms with E-state index in [1.807, 2.05) is 12.1 Å². The first-order valence-corrected chi connectivity index (χ1v) is 9.70. The second-order valence-electron chi connectivity index (χ2n) is 7.05. The molecular weight excluding hydrogens is 338 g/mol. The van der Waals surface area contributed by atoms with Gasteiger partial charge in [-0.15, -0.1) is 0 Å². The van der Waals surface area contributed by atoms with Crippen LogP contribution in [0.15, 0.2) is 42.6 Å². The van der Waals surface area contributed by atoms with Crippen LogP contribution >= 0.6 is 0 Å². The van der Waals surface area contributed by atoms with Crippen LogP contribution in [0.5, 0.6) is 0 Å². The number of piperazine rings is 1. The molecule has 0 spiro atoms. The molecule has 1 amide bonds. The van der Waals surface area contributed by atoms with Gasteiger partial charge in [0.15, 0.2) is 0 Å². The molecular formula is C21H29N5O. The number of nitrogens with zero attached hydrogens (tertiary/aromatic N) is 3. The number of unbranched alkanes of at least 4 members (excludes halogenated alkanes) is 1. The van der Waals surface area contributed by atoms with Crippen LogP contribution < -0.4 is 15.5 Å². The lowest BCUT2D eigenvalue weighted by Gasteiger charge is -2.34. The molecule has 3 rings (SSSR count). The number of carbonyl (C=O) groups is 1. The van der Waals surface area contributed by atoms with Gasteiger partial charge in [0.05, 0.1) is 11.9 Å². The fourth-order valence-corrected chi connectivity index (χ4v) is 3.07. The Morgan fingerprint density at radius 3 is 2.37 bits per heavy atom. The predicted octanol–water partition coefficient (Wildman–Crippen LogP) is 3.71. The van der Waals surface area contributed by atoms with Crippen LogP contribution in [0.2, 0.25) is 0 Å². The number of anilines is 4. The van der Waals surface area contributed by atoms with Gasteiger partial charge in [-0.1, -0.05) is 13.3 Å². The van der Waals surface area contributed by atoms with Gasteiger partial charge in [0.25, 0.3) is 0 Å². The average molecular weight is 367 g/mol. The molecule has 0 atom stereocenters. The number of amides is 1. The van der Waals surface area contributed by atoms with Crippen molar-refractivity contribution in [1.82, 2.24) is 9.88 Å². The third-order valence-corrected chi connectivity index (χ3v) is 4.81. The molecule has 0 aliphatic carbocycles. The van der Waals surface area contributed by atoms with Crippen LogP contribution in [0, 0.1) is 0 Å². The molecule has 1 aliphatic rings. The summed E-state index contributed by atoms with van der Waals surface area (Å²) in [4.78, 5) is 20.8. The predicted molar refractivity (Wildman–Crippen MR) is 112 cm³/mol. The number of hydrogen-bond donors (Lipinski definition) is 2. The van der Waals surface area contributed by atoms with Gasteiger partial charge in [0.2, 0.25) is 5.91 Å². The number of benzene rings is 1. The molecule has 0 bridgehead atoms. The number of pyridine rings is 1. The van der Waals surface area contributed by atoms with Gasteiger partial charge in [0.1, 0.15) is 5.82 Å². The molecule has 1 saturated heterocycles. The van der Waals surface area contributed by atoms with Crippen molar-refractivity contribution in [3.63, 3.8) is 0 Å². The fourth-order valence-electron chi connectivity index (χ4n) is 3.07. The number of hydrogen-bond acceptors (Lipinski definition) is 5. The van der Waals surface area contributed by atoms with Crippen molar-refractivity contribution in [2.75, 3.05) is 48.8 Å². The fraction of sp³-hybridized carbons (Fsp3) is 0.429. The van der Waals surface area contributed by atoms with E-state index in [4.69, 9.17) is 0 Å². The number of likely N-dealkylation sites (N-methyl/N-ethyl adjacent to an activating group) is 1. The molecule has 0 unspecified atom stereocenters. The number of rotatable bonds is 7. The van der Waals surface area contributed by atoms with Gasteiger partial charge in [0, 0.05) is 44.0 Å². The largest absolute Gasteiger partial charge is 0.369 e. The Balaban J connectivity index is 1.53. The molecule has 1 aromatic heterocycles. The second kappa shape index (κ2) is 9.37. The van der Waals surface area contributed by atoms with Gasteiger partial charge in [-0.05, 0) is 49.9 Å². The van der Waals surface area contributed by atoms with E-state index in [2.05, 4.69) is 63.7 Å². The first-order valence-electron chi connectivity index (χ1n) is 9.70. The highest BCUT2D eigenvalue weighted by Crippen LogP contribution is 2.22. The zero-order valence-corrected chi connectivity index (χ0v) is 16.2. The quantitative estimate of drug-likeness (QED) is 0.781. The summed E-state index contributed by atoms with van der Waals surface area (Å²) >= 11 is 0. The smallest absolute Gasteiger partial charge is 0.225 e. The van der Waals surface area contributed by atoms with Crippen molar-refractivity contribution in [2.24, 2.45) is 0 Å². The Labute approximate surface area is 161 Å². The average Bonchev–Trinajstić information content (AvgIpc) is 2.69. The maximum absolute atomic E-state index is 11.8. The highest BCUT2D eigenvalue weighted by atomic mass is 16.1. The molecule has 6 heteroatoms. The van der Waals surface area contributed by atoms with E-state index < -0.39 is 0 Å². The Hall–Kier alpha value is -2.60. The summed E-state index contributed by atoms with van der Waals surface area (Å²) in [5.41, 5.74) is 3.18. The lowest BCUT2D eigenvalue weighted by Crippen LogP contribution is -2.44. The summed E-state index contributed by atoms with van der Waals surface area (Å²) in [5.74, 6) is 0.608. The number of nitrogens with one attached hydrogen (secondary N) is 2. The molecule has 6 nitrogen and oxygen atoms in total. The lowest BCUT2D eigenvalue weighted by atomic mass is 10.2. The third kappa shape index (κ3) is 5.69. The zero-order valence-electron chi connectivity index (χ0n) is 16.2. The molecule has 2 N–H and O–H groups in total. The van der Waals surface area contributed by atoms with E-state index in [0.717, 1.165) is 50.4 Å². The standard InChI is InChI=1S/C21H29N5O/c1-3-4-5-21(27)24-20-11-8-18(16-22-20)23-17-6-9-19(10-7-17)26-14-12-25(2)13-15-26/h6-11,16,23H,3-5,12-15H2,1-2H3,(H,22,24,27). The minimum absolute atomic E-state index is 0.0181. The van der Waals surface area contributed by atoms with E-state index in [-0.39, 0.29) is 5.91 Å². The summed E-state index contributed by atoms with van der Waals surface area (Å²) in [5, 5.41) is 6.18. The molecule has 0 radical (unpaired) electrons. The Bertz CT molecular complexity index is 721. The summed E-state index contributed by atoms with van der Waals surface area (Å²) in [6.45, 7) is 6.42. The minimum atomic E-state index is 0.0181. The summed E-state index contributed by atoms with van der Waals surface area (Å²) in [6, 6.07) is 12.2. The van der Waals surface area contributed by atoms with Crippen molar-refractivity contribution >= 4 is 28.8 Å². The van der Waals surface area contributed by atoms with E-state index >= 15 is 0 Å². The van der Waals surface area contributed by atoms with Crippen LogP contribution in [0.4, 0.5) is 22.9 Å². The van der Waals surface area contributed by atoms with Crippen molar-refractivity contribution < 1.29 is 4.79 Å². The van der Waals surface area contributed by atoms with E-state index in [1.54, 1.807) is 6.20 Å². The van der Waals surface area contributed by atoms with E-state index in [9.17, 15) is 4.79 Å². The lowest BCUT2D eigenvalue weighted by molar-refractivity contribution is -0.116. The molecule has 1 fully saturated rings. The van der Waals surface area contributed by atoms with Gasteiger partial charge in [-0.2, -0.15) is 0 Å². The summed E-state index contributed by atoms with van der Waals surface area (Å²) < 4.78 is 0. The molecule has 1 aromatic carbocycles. The normalized spacial score (nSPS) is 14.8. The molecule has 2 heterocycles. The molecule has 144 valence electrons. The number of carbonyl (C=O) groups excluding carboxylic acids is 1. The molecule has 0 saturated carbocycles. The van der Waals surface area contributed by atoms with Crippen LogP contribution in [0.1, 0.15) is 26.2 Å². The molecule has 27 heavy (non-hydrogen) atoms. The second-order valence-corrected chi connectivity index (χ2v) is 7.05. The zero-order chi connectivity index (χ0) is 19.1. The molecule has 2 aromatic rings. The SMILES string of the molecule is CCCCC(=O)Nc1ccc(Nc2ccc(N3CCN(C)CC3)cc2)cn1. The van der Waals surface area contributed by atoms with Gasteiger partial charge < -0.3 is 20.4 Å². The Kier molecular flexibility index (Phi) is 6.65. The maximum Gasteiger partial charge on any atom is 0.225 e. The van der Waals surface area contributed by atoms with Crippen molar-refractivity contribution in [3.8, 4) is 0 Å². The van der Waals surface area contributed by atoms with Crippen molar-refractivity contribution in [3.05, 3.63) is 42.6 Å². The maximum atomic E-state index is 11.8. The number of aromatic nitrogens is 1. The first-order chi connectivity index (χ1) is 13.1. The topological polar surface area (TPSA) is 60.5 Å². The van der Waals surface area contributed by atoms with Crippen LogP contribution in [-0.4, -0.2) is 49.0 Å². The van der Waals surface area contributed by atoms with Gasteiger partial charge in [-0.3, -0.25) is 4.79 Å². The monoisotopic (exact) mass is 367 g/mol. The van der Waals surface area contributed by atoms with Crippen LogP contribution in [0.3, 0.4) is 0 Å². The van der Waals surface area contributed by atoms with Crippen LogP contribution in [0.25, 0.3) is 0 Å². The van der Waals surface area contributed by atoms with Crippen molar-refractivity contribution in [1.29, 1.82) is 0 Å². The molecule has 1 aliphatic heterocycles. The summed E-state index contributed by atoms with van der Waals surface area (Å²) in [6.07, 6.45) is 4.19. The summed E-state index contributed by atoms with van der Waals surface area (Å²) in [7, 11) is 2.17. The highest BCUT2D eigenvalue weighted by molar-refractivity contribution is 5.89. The first kappa shape index (κ1) is 19.2. The van der Waals surface area contributed by atoms with Crippen LogP contribution in [-0.2, 0) is 4.79 Å². The Morgan fingerprint density at radius 2 is 1.74 bits per heavy atom. The third-order valence-electron chi connectivity index (χ3n) is 4.81. The minimum Gasteiger partial charge on any atom is -0.369 e.